The van der Waals surface area contributed by atoms with Gasteiger partial charge in [-0.15, -0.1) is 0 Å². The van der Waals surface area contributed by atoms with Crippen molar-refractivity contribution in [1.82, 2.24) is 0 Å². The average Bonchev–Trinajstić information content (AvgIpc) is 2.65. The number of hydrogen-bond donors (Lipinski definition) is 0. The summed E-state index contributed by atoms with van der Waals surface area (Å²) >= 11 is 0. The van der Waals surface area contributed by atoms with Crippen LogP contribution in [0.15, 0.2) is 47.3 Å². The van der Waals surface area contributed by atoms with Gasteiger partial charge in [0.05, 0.1) is 7.11 Å². The van der Waals surface area contributed by atoms with Crippen molar-refractivity contribution in [3.05, 3.63) is 47.3 Å². The normalized spacial score (nSPS) is 25.0. The third kappa shape index (κ3) is 2.00. The smallest absolute Gasteiger partial charge is 0.352 e. The molecule has 114 valence electrons. The standard InChI is InChI=1S/C15H19O5P/c1-5-11-13(18-2)12-9-7-6-8-10-15(12,14(11)16)21(17,19-3)20-4/h6-10H,5H2,1-4H3/t15-/m0/s1. The number of allylic oxidation sites excluding steroid dienone is 7. The molecule has 1 atom stereocenters. The molecule has 0 bridgehead atoms. The van der Waals surface area contributed by atoms with Crippen molar-refractivity contribution in [3.63, 3.8) is 0 Å². The first kappa shape index (κ1) is 16.0. The molecule has 0 radical (unpaired) electrons. The van der Waals surface area contributed by atoms with E-state index in [2.05, 4.69) is 0 Å². The van der Waals surface area contributed by atoms with Crippen LogP contribution in [0.4, 0.5) is 0 Å². The third-order valence-electron chi connectivity index (χ3n) is 3.84. The maximum absolute atomic E-state index is 13.1. The number of carbonyl (C=O) groups is 1. The van der Waals surface area contributed by atoms with Crippen molar-refractivity contribution in [3.8, 4) is 0 Å². The van der Waals surface area contributed by atoms with Crippen molar-refractivity contribution < 1.29 is 23.1 Å². The number of rotatable bonds is 5. The zero-order valence-corrected chi connectivity index (χ0v) is 13.5. The van der Waals surface area contributed by atoms with E-state index in [0.29, 0.717) is 23.3 Å². The van der Waals surface area contributed by atoms with E-state index in [-0.39, 0.29) is 5.78 Å². The van der Waals surface area contributed by atoms with Gasteiger partial charge in [0.25, 0.3) is 0 Å². The Morgan fingerprint density at radius 3 is 2.33 bits per heavy atom. The number of carbonyl (C=O) groups excluding carboxylic acids is 1. The van der Waals surface area contributed by atoms with Crippen LogP contribution in [0.5, 0.6) is 0 Å². The van der Waals surface area contributed by atoms with Crippen molar-refractivity contribution in [2.75, 3.05) is 21.3 Å². The van der Waals surface area contributed by atoms with Gasteiger partial charge in [0.15, 0.2) is 10.9 Å². The second-order valence-corrected chi connectivity index (χ2v) is 7.08. The van der Waals surface area contributed by atoms with Crippen LogP contribution in [0.2, 0.25) is 0 Å². The van der Waals surface area contributed by atoms with Gasteiger partial charge in [0.2, 0.25) is 0 Å². The molecule has 0 aliphatic heterocycles. The largest absolute Gasteiger partial charge is 0.496 e. The van der Waals surface area contributed by atoms with E-state index in [1.807, 2.05) is 6.92 Å². The molecule has 0 aromatic heterocycles. The molecule has 0 N–H and O–H groups in total. The SMILES string of the molecule is CCC1=C(OC)C2=CC=CC=C[C@@]2(P(=O)(OC)OC)C1=O. The van der Waals surface area contributed by atoms with E-state index in [4.69, 9.17) is 13.8 Å². The van der Waals surface area contributed by atoms with Crippen molar-refractivity contribution in [1.29, 1.82) is 0 Å². The highest BCUT2D eigenvalue weighted by atomic mass is 31.2. The summed E-state index contributed by atoms with van der Waals surface area (Å²) in [6, 6.07) is 0. The Bertz CT molecular complexity index is 618. The lowest BCUT2D eigenvalue weighted by Crippen LogP contribution is -2.36. The molecule has 0 aromatic rings. The Labute approximate surface area is 124 Å². The molecule has 6 heteroatoms. The van der Waals surface area contributed by atoms with Crippen LogP contribution in [0, 0.1) is 0 Å². The van der Waals surface area contributed by atoms with E-state index in [9.17, 15) is 9.36 Å². The van der Waals surface area contributed by atoms with Gasteiger partial charge in [-0.3, -0.25) is 9.36 Å². The molecule has 2 rings (SSSR count). The van der Waals surface area contributed by atoms with Gasteiger partial charge in [0, 0.05) is 25.4 Å². The summed E-state index contributed by atoms with van der Waals surface area (Å²) in [4.78, 5) is 13.0. The quantitative estimate of drug-likeness (QED) is 0.730. The van der Waals surface area contributed by atoms with E-state index in [1.165, 1.54) is 21.3 Å². The molecule has 0 heterocycles. The highest BCUT2D eigenvalue weighted by Crippen LogP contribution is 2.67. The molecular formula is C15H19O5P. The fourth-order valence-corrected chi connectivity index (χ4v) is 4.70. The fourth-order valence-electron chi connectivity index (χ4n) is 2.85. The molecule has 0 amide bonds. The Balaban J connectivity index is 2.80. The number of fused-ring (bicyclic) bond motifs is 1. The molecule has 2 aliphatic rings. The maximum Gasteiger partial charge on any atom is 0.352 e. The van der Waals surface area contributed by atoms with Gasteiger partial charge in [0.1, 0.15) is 5.76 Å². The Morgan fingerprint density at radius 1 is 1.14 bits per heavy atom. The predicted molar refractivity (Wildman–Crippen MR) is 80.1 cm³/mol. The van der Waals surface area contributed by atoms with Crippen molar-refractivity contribution in [2.45, 2.75) is 18.5 Å². The van der Waals surface area contributed by atoms with Gasteiger partial charge in [-0.25, -0.2) is 0 Å². The molecular weight excluding hydrogens is 291 g/mol. The number of ketones is 1. The number of Topliss-reactive ketones (excluding diaryl/α,β-unsaturated/α-hetero) is 1. The first-order chi connectivity index (χ1) is 10.0. The van der Waals surface area contributed by atoms with Crippen LogP contribution in [0.3, 0.4) is 0 Å². The summed E-state index contributed by atoms with van der Waals surface area (Å²) in [5.74, 6) is 0.160. The molecule has 5 nitrogen and oxygen atoms in total. The van der Waals surface area contributed by atoms with Gasteiger partial charge >= 0.3 is 7.60 Å². The third-order valence-corrected chi connectivity index (χ3v) is 6.26. The zero-order chi connectivity index (χ0) is 15.7. The van der Waals surface area contributed by atoms with Crippen LogP contribution in [-0.2, 0) is 23.1 Å². The van der Waals surface area contributed by atoms with Gasteiger partial charge in [-0.2, -0.15) is 0 Å². The molecule has 2 aliphatic carbocycles. The summed E-state index contributed by atoms with van der Waals surface area (Å²) < 4.78 is 28.8. The minimum absolute atomic E-state index is 0.292. The number of ether oxygens (including phenoxy) is 1. The second kappa shape index (κ2) is 5.76. The van der Waals surface area contributed by atoms with E-state index < -0.39 is 12.8 Å². The minimum Gasteiger partial charge on any atom is -0.496 e. The Morgan fingerprint density at radius 2 is 1.81 bits per heavy atom. The van der Waals surface area contributed by atoms with E-state index >= 15 is 0 Å². The highest BCUT2D eigenvalue weighted by Gasteiger charge is 2.62. The molecule has 0 aromatic carbocycles. The van der Waals surface area contributed by atoms with Crippen molar-refractivity contribution >= 4 is 13.4 Å². The van der Waals surface area contributed by atoms with Crippen LogP contribution >= 0.6 is 7.60 Å². The summed E-state index contributed by atoms with van der Waals surface area (Å²) in [6.45, 7) is 1.86. The van der Waals surface area contributed by atoms with Crippen LogP contribution in [0.25, 0.3) is 0 Å². The molecule has 0 saturated carbocycles. The summed E-state index contributed by atoms with van der Waals surface area (Å²) in [6.07, 6.45) is 9.00. The van der Waals surface area contributed by atoms with Gasteiger partial charge < -0.3 is 13.8 Å². The van der Waals surface area contributed by atoms with Crippen molar-refractivity contribution in [2.24, 2.45) is 0 Å². The predicted octanol–water partition coefficient (Wildman–Crippen LogP) is 3.16. The molecule has 0 unspecified atom stereocenters. The topological polar surface area (TPSA) is 61.8 Å². The summed E-state index contributed by atoms with van der Waals surface area (Å²) in [5.41, 5.74) is 1.02. The summed E-state index contributed by atoms with van der Waals surface area (Å²) in [7, 11) is 0.334. The highest BCUT2D eigenvalue weighted by molar-refractivity contribution is 7.57. The van der Waals surface area contributed by atoms with Crippen LogP contribution in [-0.4, -0.2) is 32.3 Å². The lowest BCUT2D eigenvalue weighted by molar-refractivity contribution is -0.116. The van der Waals surface area contributed by atoms with E-state index in [1.54, 1.807) is 30.4 Å². The first-order valence-electron chi connectivity index (χ1n) is 6.63. The van der Waals surface area contributed by atoms with Crippen LogP contribution in [0.1, 0.15) is 13.3 Å². The molecule has 0 saturated heterocycles. The number of methoxy groups -OCH3 is 1. The fraction of sp³-hybridized carbons (Fsp3) is 0.400. The lowest BCUT2D eigenvalue weighted by atomic mass is 9.97. The molecule has 0 spiro atoms. The Hall–Kier alpha value is -1.42. The molecule has 0 fully saturated rings. The zero-order valence-electron chi connectivity index (χ0n) is 12.6. The maximum atomic E-state index is 13.1. The molecule has 21 heavy (non-hydrogen) atoms. The second-order valence-electron chi connectivity index (χ2n) is 4.65. The van der Waals surface area contributed by atoms with Gasteiger partial charge in [-0.1, -0.05) is 37.3 Å². The monoisotopic (exact) mass is 310 g/mol. The average molecular weight is 310 g/mol. The van der Waals surface area contributed by atoms with Gasteiger partial charge in [-0.05, 0) is 6.42 Å². The minimum atomic E-state index is -3.73. The summed E-state index contributed by atoms with van der Waals surface area (Å²) in [5, 5.41) is -1.48. The number of hydrogen-bond acceptors (Lipinski definition) is 5. The Kier molecular flexibility index (Phi) is 4.38. The van der Waals surface area contributed by atoms with E-state index in [0.717, 1.165) is 0 Å². The van der Waals surface area contributed by atoms with Crippen LogP contribution < -0.4 is 0 Å². The lowest BCUT2D eigenvalue weighted by Gasteiger charge is -2.32. The first-order valence-corrected chi connectivity index (χ1v) is 8.17.